The summed E-state index contributed by atoms with van der Waals surface area (Å²) >= 11 is 0. The van der Waals surface area contributed by atoms with Gasteiger partial charge in [0, 0.05) is 5.56 Å². The first-order valence-corrected chi connectivity index (χ1v) is 2.77. The van der Waals surface area contributed by atoms with Crippen molar-refractivity contribution in [3.05, 3.63) is 35.4 Å². The van der Waals surface area contributed by atoms with Gasteiger partial charge in [-0.25, -0.2) is 8.78 Å². The van der Waals surface area contributed by atoms with Crippen molar-refractivity contribution in [2.75, 3.05) is 0 Å². The van der Waals surface area contributed by atoms with Crippen molar-refractivity contribution in [1.82, 2.24) is 0 Å². The fourth-order valence-corrected chi connectivity index (χ4v) is 0.623. The van der Waals surface area contributed by atoms with Gasteiger partial charge in [-0.3, -0.25) is 0 Å². The molecular formula is C7H3F2NaO2. The predicted octanol–water partition coefficient (Wildman–Crippen LogP) is -2.67. The molecule has 0 aliphatic rings. The molecule has 0 heterocycles. The number of benzene rings is 1. The van der Waals surface area contributed by atoms with E-state index < -0.39 is 17.6 Å². The molecule has 0 atom stereocenters. The molecule has 2 nitrogen and oxygen atoms in total. The Morgan fingerprint density at radius 3 is 2.25 bits per heavy atom. The molecular weight excluding hydrogens is 177 g/mol. The predicted molar refractivity (Wildman–Crippen MR) is 30.7 cm³/mol. The van der Waals surface area contributed by atoms with Crippen LogP contribution in [0.4, 0.5) is 8.78 Å². The van der Waals surface area contributed by atoms with Gasteiger partial charge >= 0.3 is 29.6 Å². The zero-order valence-electron chi connectivity index (χ0n) is 6.30. The number of aromatic carboxylic acids is 1. The van der Waals surface area contributed by atoms with Gasteiger partial charge in [-0.2, -0.15) is 0 Å². The Labute approximate surface area is 89.5 Å². The minimum absolute atomic E-state index is 0. The third-order valence-electron chi connectivity index (χ3n) is 1.16. The van der Waals surface area contributed by atoms with Gasteiger partial charge in [0.25, 0.3) is 0 Å². The van der Waals surface area contributed by atoms with E-state index >= 15 is 0 Å². The van der Waals surface area contributed by atoms with Gasteiger partial charge in [-0.1, -0.05) is 6.07 Å². The molecule has 0 spiro atoms. The van der Waals surface area contributed by atoms with Crippen molar-refractivity contribution >= 4 is 5.97 Å². The molecule has 5 heteroatoms. The maximum absolute atomic E-state index is 12.3. The summed E-state index contributed by atoms with van der Waals surface area (Å²) in [7, 11) is 0. The van der Waals surface area contributed by atoms with E-state index in [2.05, 4.69) is 0 Å². The molecule has 58 valence electrons. The maximum atomic E-state index is 12.3. The summed E-state index contributed by atoms with van der Waals surface area (Å²) in [6.45, 7) is 0. The molecule has 0 aromatic heterocycles. The van der Waals surface area contributed by atoms with E-state index in [-0.39, 0.29) is 35.1 Å². The summed E-state index contributed by atoms with van der Waals surface area (Å²) in [5.74, 6) is -3.79. The van der Waals surface area contributed by atoms with Crippen LogP contribution in [0.2, 0.25) is 0 Å². The first-order valence-electron chi connectivity index (χ1n) is 2.77. The van der Waals surface area contributed by atoms with E-state index in [1.54, 1.807) is 0 Å². The minimum atomic E-state index is -1.52. The van der Waals surface area contributed by atoms with Crippen LogP contribution < -0.4 is 34.7 Å². The van der Waals surface area contributed by atoms with Crippen molar-refractivity contribution in [3.63, 3.8) is 0 Å². The van der Waals surface area contributed by atoms with Crippen molar-refractivity contribution in [3.8, 4) is 0 Å². The van der Waals surface area contributed by atoms with Gasteiger partial charge in [0.1, 0.15) is 0 Å². The number of carbonyl (C=O) groups is 1. The quantitative estimate of drug-likeness (QED) is 0.442. The maximum Gasteiger partial charge on any atom is 1.00 e. The molecule has 1 aromatic carbocycles. The van der Waals surface area contributed by atoms with Gasteiger partial charge in [0.2, 0.25) is 0 Å². The summed E-state index contributed by atoms with van der Waals surface area (Å²) in [5.41, 5.74) is -0.371. The van der Waals surface area contributed by atoms with E-state index in [1.807, 2.05) is 0 Å². The molecule has 0 N–H and O–H groups in total. The number of carboxylic acids is 1. The van der Waals surface area contributed by atoms with E-state index in [0.29, 0.717) is 6.07 Å². The first kappa shape index (κ1) is 11.6. The van der Waals surface area contributed by atoms with Crippen LogP contribution in [-0.2, 0) is 0 Å². The summed E-state index contributed by atoms with van der Waals surface area (Å²) in [6.07, 6.45) is 0. The summed E-state index contributed by atoms with van der Waals surface area (Å²) in [5, 5.41) is 10.1. The van der Waals surface area contributed by atoms with E-state index in [9.17, 15) is 18.7 Å². The molecule has 12 heavy (non-hydrogen) atoms. The largest absolute Gasteiger partial charge is 1.00 e. The average Bonchev–Trinajstić information content (AvgIpc) is 1.94. The summed E-state index contributed by atoms with van der Waals surface area (Å²) in [6, 6.07) is 2.25. The number of carbonyl (C=O) groups excluding carboxylic acids is 1. The monoisotopic (exact) mass is 180 g/mol. The molecule has 0 amide bonds. The van der Waals surface area contributed by atoms with Crippen LogP contribution in [0.25, 0.3) is 0 Å². The fourth-order valence-electron chi connectivity index (χ4n) is 0.623. The van der Waals surface area contributed by atoms with Crippen LogP contribution in [0.1, 0.15) is 10.4 Å². The second-order valence-corrected chi connectivity index (χ2v) is 1.92. The third kappa shape index (κ3) is 2.55. The van der Waals surface area contributed by atoms with Crippen LogP contribution in [0, 0.1) is 11.6 Å². The van der Waals surface area contributed by atoms with Crippen molar-refractivity contribution < 1.29 is 48.2 Å². The van der Waals surface area contributed by atoms with Crippen LogP contribution in [0.5, 0.6) is 0 Å². The molecule has 0 aliphatic carbocycles. The zero-order valence-corrected chi connectivity index (χ0v) is 8.30. The fraction of sp³-hybridized carbons (Fsp3) is 0. The Morgan fingerprint density at radius 1 is 1.25 bits per heavy atom. The van der Waals surface area contributed by atoms with Gasteiger partial charge in [0.05, 0.1) is 5.97 Å². The SMILES string of the molecule is O=C([O-])c1ccc(F)c(F)c1.[Na+]. The third-order valence-corrected chi connectivity index (χ3v) is 1.16. The molecule has 0 fully saturated rings. The Bertz CT molecular complexity index is 301. The van der Waals surface area contributed by atoms with Crippen LogP contribution in [0.3, 0.4) is 0 Å². The zero-order chi connectivity index (χ0) is 8.43. The molecule has 0 aliphatic heterocycles. The normalized spacial score (nSPS) is 8.83. The number of hydrogen-bond donors (Lipinski definition) is 0. The van der Waals surface area contributed by atoms with E-state index in [0.717, 1.165) is 12.1 Å². The second kappa shape index (κ2) is 4.54. The Balaban J connectivity index is 0.00000121. The Morgan fingerprint density at radius 2 is 1.83 bits per heavy atom. The van der Waals surface area contributed by atoms with Crippen molar-refractivity contribution in [2.24, 2.45) is 0 Å². The smallest absolute Gasteiger partial charge is 0.545 e. The van der Waals surface area contributed by atoms with E-state index in [4.69, 9.17) is 0 Å². The van der Waals surface area contributed by atoms with Crippen molar-refractivity contribution in [2.45, 2.75) is 0 Å². The van der Waals surface area contributed by atoms with Gasteiger partial charge in [-0.15, -0.1) is 0 Å². The summed E-state index contributed by atoms with van der Waals surface area (Å²) in [4.78, 5) is 10.1. The van der Waals surface area contributed by atoms with Crippen molar-refractivity contribution in [1.29, 1.82) is 0 Å². The summed E-state index contributed by atoms with van der Waals surface area (Å²) < 4.78 is 24.4. The molecule has 1 rings (SSSR count). The van der Waals surface area contributed by atoms with Gasteiger partial charge in [-0.05, 0) is 12.1 Å². The number of halogens is 2. The minimum Gasteiger partial charge on any atom is -0.545 e. The second-order valence-electron chi connectivity index (χ2n) is 1.92. The standard InChI is InChI=1S/C7H4F2O2.Na/c8-5-2-1-4(7(10)11)3-6(5)9;/h1-3H,(H,10,11);/q;+1/p-1. The molecule has 0 bridgehead atoms. The number of hydrogen-bond acceptors (Lipinski definition) is 2. The molecule has 1 aromatic rings. The average molecular weight is 180 g/mol. The van der Waals surface area contributed by atoms with Gasteiger partial charge in [0.15, 0.2) is 11.6 Å². The van der Waals surface area contributed by atoms with Crippen LogP contribution >= 0.6 is 0 Å². The Hall–Kier alpha value is -0.450. The van der Waals surface area contributed by atoms with Crippen LogP contribution in [-0.4, -0.2) is 5.97 Å². The van der Waals surface area contributed by atoms with E-state index in [1.165, 1.54) is 0 Å². The van der Waals surface area contributed by atoms with Gasteiger partial charge < -0.3 is 9.90 Å². The molecule has 0 radical (unpaired) electrons. The molecule has 0 unspecified atom stereocenters. The molecule has 0 saturated carbocycles. The topological polar surface area (TPSA) is 40.1 Å². The Kier molecular flexibility index (Phi) is 4.37. The number of carboxylic acid groups (broad SMARTS) is 1. The number of rotatable bonds is 1. The molecule has 0 saturated heterocycles. The van der Waals surface area contributed by atoms with Crippen LogP contribution in [0.15, 0.2) is 18.2 Å². The first-order chi connectivity index (χ1) is 5.11.